The molecular weight excluding hydrogens is 625 g/mol. The summed E-state index contributed by atoms with van der Waals surface area (Å²) in [6.45, 7) is -5.06. The topological polar surface area (TPSA) is 95.5 Å². The average Bonchev–Trinajstić information content (AvgIpc) is 3.39. The van der Waals surface area contributed by atoms with E-state index in [1.165, 1.54) is 24.3 Å². The first kappa shape index (κ1) is 32.9. The summed E-state index contributed by atoms with van der Waals surface area (Å²) in [5, 5.41) is 10.2. The third-order valence-electron chi connectivity index (χ3n) is 7.89. The zero-order valence-corrected chi connectivity index (χ0v) is 24.6. The molecule has 8 nitrogen and oxygen atoms in total. The fourth-order valence-corrected chi connectivity index (χ4v) is 5.31. The van der Waals surface area contributed by atoms with Crippen LogP contribution in [0.1, 0.15) is 34.2 Å². The largest absolute Gasteiger partial charge is 0.490 e. The van der Waals surface area contributed by atoms with Crippen LogP contribution in [0.15, 0.2) is 48.5 Å². The Kier molecular flexibility index (Phi) is 8.81. The van der Waals surface area contributed by atoms with Gasteiger partial charge in [-0.25, -0.2) is 26.9 Å². The monoisotopic (exact) mass is 652 g/mol. The van der Waals surface area contributed by atoms with Gasteiger partial charge in [-0.15, -0.1) is 5.10 Å². The number of pyridine rings is 1. The van der Waals surface area contributed by atoms with Crippen LogP contribution in [0.25, 0.3) is 22.2 Å². The van der Waals surface area contributed by atoms with Gasteiger partial charge in [0.1, 0.15) is 42.7 Å². The van der Waals surface area contributed by atoms with Gasteiger partial charge in [-0.2, -0.15) is 13.9 Å². The summed E-state index contributed by atoms with van der Waals surface area (Å²) in [6, 6.07) is 9.52. The first-order valence-corrected chi connectivity index (χ1v) is 13.8. The molecule has 2 aromatic heterocycles. The Labute approximate surface area is 257 Å². The molecule has 5 rings (SSSR count). The number of aromatic nitrogens is 3. The van der Waals surface area contributed by atoms with Crippen molar-refractivity contribution < 1.29 is 49.7 Å². The van der Waals surface area contributed by atoms with Gasteiger partial charge in [-0.3, -0.25) is 4.79 Å². The number of benzene rings is 2. The molecule has 0 spiro atoms. The van der Waals surface area contributed by atoms with Crippen molar-refractivity contribution >= 4 is 16.8 Å². The minimum atomic E-state index is -3.80. The molecule has 1 amide bonds. The number of carbonyl (C=O) groups excluding carboxylic acids is 1. The normalized spacial score (nSPS) is 15.4. The van der Waals surface area contributed by atoms with E-state index in [9.17, 15) is 26.7 Å². The molecule has 0 fully saturated rings. The molecule has 0 aliphatic carbocycles. The molecule has 46 heavy (non-hydrogen) atoms. The van der Waals surface area contributed by atoms with Gasteiger partial charge >= 0.3 is 6.61 Å². The van der Waals surface area contributed by atoms with E-state index in [1.807, 2.05) is 0 Å². The highest BCUT2D eigenvalue weighted by molar-refractivity contribution is 6.00. The van der Waals surface area contributed by atoms with Crippen molar-refractivity contribution in [1.82, 2.24) is 20.5 Å². The maximum Gasteiger partial charge on any atom is 0.387 e. The van der Waals surface area contributed by atoms with E-state index in [1.54, 1.807) is 6.92 Å². The standard InChI is InChI=1S/C31H27F7N4O4/c1-16-8-18-9-19(10-22(46-28(35)36)24(18)42-41-16)27(43)39-14-31(44-3,29(2,37)38)23-11-21-26(45-15-30(21,12-32)13-33)25(40-23)17-4-6-20(34)7-5-17/h4-11,28H,12-15H2,1-3H3,(H,39,43)/t31-/m0/s1. The molecule has 2 aromatic carbocycles. The Morgan fingerprint density at radius 1 is 1.09 bits per heavy atom. The highest BCUT2D eigenvalue weighted by Crippen LogP contribution is 2.49. The summed E-state index contributed by atoms with van der Waals surface area (Å²) >= 11 is 0. The lowest BCUT2D eigenvalue weighted by Crippen LogP contribution is -2.53. The van der Waals surface area contributed by atoms with Crippen LogP contribution in [0.2, 0.25) is 0 Å². The number of alkyl halides is 6. The Morgan fingerprint density at radius 2 is 1.78 bits per heavy atom. The lowest BCUT2D eigenvalue weighted by atomic mass is 9.81. The SMILES string of the molecule is CO[C@@](CNC(=O)c1cc(OC(F)F)c2nnc(C)cc2c1)(c1cc2c(c(-c3ccc(F)cc3)n1)OCC2(CF)CF)C(C)(F)F. The molecule has 1 aliphatic rings. The van der Waals surface area contributed by atoms with Gasteiger partial charge in [0.25, 0.3) is 11.8 Å². The second-order valence-electron chi connectivity index (χ2n) is 11.0. The zero-order chi connectivity index (χ0) is 33.4. The van der Waals surface area contributed by atoms with Crippen LogP contribution >= 0.6 is 0 Å². The minimum absolute atomic E-state index is 0.0594. The van der Waals surface area contributed by atoms with Gasteiger partial charge in [0, 0.05) is 36.1 Å². The molecule has 0 unspecified atom stereocenters. The van der Waals surface area contributed by atoms with Crippen molar-refractivity contribution in [2.75, 3.05) is 33.6 Å². The molecule has 1 atom stereocenters. The number of rotatable bonds is 11. The maximum absolute atomic E-state index is 15.7. The van der Waals surface area contributed by atoms with Crippen LogP contribution in [-0.4, -0.2) is 67.2 Å². The van der Waals surface area contributed by atoms with Crippen LogP contribution < -0.4 is 14.8 Å². The Hall–Kier alpha value is -4.53. The average molecular weight is 653 g/mol. The number of carbonyl (C=O) groups is 1. The Morgan fingerprint density at radius 3 is 2.39 bits per heavy atom. The fourth-order valence-electron chi connectivity index (χ4n) is 5.31. The number of hydrogen-bond acceptors (Lipinski definition) is 7. The highest BCUT2D eigenvalue weighted by atomic mass is 19.3. The molecule has 0 saturated heterocycles. The van der Waals surface area contributed by atoms with E-state index in [4.69, 9.17) is 9.47 Å². The summed E-state index contributed by atoms with van der Waals surface area (Å²) in [5.74, 6) is -5.93. The summed E-state index contributed by atoms with van der Waals surface area (Å²) in [6.07, 6.45) is 0. The molecule has 4 aromatic rings. The van der Waals surface area contributed by atoms with Gasteiger partial charge in [0.05, 0.1) is 23.3 Å². The van der Waals surface area contributed by atoms with E-state index < -0.39 is 73.2 Å². The van der Waals surface area contributed by atoms with Gasteiger partial charge in [-0.05, 0) is 55.5 Å². The van der Waals surface area contributed by atoms with Gasteiger partial charge in [0.15, 0.2) is 11.4 Å². The number of aryl methyl sites for hydroxylation is 1. The van der Waals surface area contributed by atoms with E-state index in [2.05, 4.69) is 25.2 Å². The number of amides is 1. The molecule has 244 valence electrons. The van der Waals surface area contributed by atoms with Crippen LogP contribution in [-0.2, 0) is 15.8 Å². The maximum atomic E-state index is 15.7. The van der Waals surface area contributed by atoms with Gasteiger partial charge < -0.3 is 19.5 Å². The minimum Gasteiger partial charge on any atom is -0.490 e. The fraction of sp³-hybridized carbons (Fsp3) is 0.355. The lowest BCUT2D eigenvalue weighted by molar-refractivity contribution is -0.191. The number of nitrogens with one attached hydrogen (secondary N) is 1. The predicted octanol–water partition coefficient (Wildman–Crippen LogP) is 6.24. The third-order valence-corrected chi connectivity index (χ3v) is 7.89. The van der Waals surface area contributed by atoms with Crippen molar-refractivity contribution in [3.05, 3.63) is 76.9 Å². The molecule has 1 N–H and O–H groups in total. The van der Waals surface area contributed by atoms with E-state index in [-0.39, 0.29) is 39.0 Å². The number of methoxy groups -OCH3 is 1. The number of ether oxygens (including phenoxy) is 3. The van der Waals surface area contributed by atoms with Crippen molar-refractivity contribution in [1.29, 1.82) is 0 Å². The summed E-state index contributed by atoms with van der Waals surface area (Å²) in [4.78, 5) is 17.7. The predicted molar refractivity (Wildman–Crippen MR) is 151 cm³/mol. The van der Waals surface area contributed by atoms with Crippen molar-refractivity contribution in [3.8, 4) is 22.8 Å². The molecular formula is C31H27F7N4O4. The quantitative estimate of drug-likeness (QED) is 0.192. The number of halogens is 7. The van der Waals surface area contributed by atoms with Crippen molar-refractivity contribution in [2.45, 2.75) is 37.4 Å². The Balaban J connectivity index is 1.61. The van der Waals surface area contributed by atoms with Crippen LogP contribution in [0.5, 0.6) is 11.5 Å². The van der Waals surface area contributed by atoms with E-state index >= 15 is 8.78 Å². The summed E-state index contributed by atoms with van der Waals surface area (Å²) in [7, 11) is 0.941. The van der Waals surface area contributed by atoms with Crippen LogP contribution in [0.4, 0.5) is 30.7 Å². The number of hydrogen-bond donors (Lipinski definition) is 1. The number of nitrogens with zero attached hydrogens (tertiary/aromatic N) is 3. The zero-order valence-electron chi connectivity index (χ0n) is 24.6. The lowest BCUT2D eigenvalue weighted by Gasteiger charge is -2.37. The van der Waals surface area contributed by atoms with Crippen molar-refractivity contribution in [2.24, 2.45) is 0 Å². The smallest absolute Gasteiger partial charge is 0.387 e. The van der Waals surface area contributed by atoms with Crippen molar-refractivity contribution in [3.63, 3.8) is 0 Å². The molecule has 1 aliphatic heterocycles. The molecule has 0 saturated carbocycles. The van der Waals surface area contributed by atoms with Crippen LogP contribution in [0, 0.1) is 12.7 Å². The van der Waals surface area contributed by atoms with Crippen LogP contribution in [0.3, 0.4) is 0 Å². The first-order valence-electron chi connectivity index (χ1n) is 13.8. The molecule has 0 radical (unpaired) electrons. The van der Waals surface area contributed by atoms with E-state index in [0.29, 0.717) is 12.6 Å². The first-order chi connectivity index (χ1) is 21.8. The Bertz CT molecular complexity index is 1770. The second kappa shape index (κ2) is 12.3. The molecule has 0 bridgehead atoms. The molecule has 15 heteroatoms. The van der Waals surface area contributed by atoms with E-state index in [0.717, 1.165) is 31.4 Å². The van der Waals surface area contributed by atoms with Gasteiger partial charge in [0.2, 0.25) is 0 Å². The summed E-state index contributed by atoms with van der Waals surface area (Å²) in [5.41, 5.74) is -5.00. The third kappa shape index (κ3) is 5.79. The summed E-state index contributed by atoms with van der Waals surface area (Å²) < 4.78 is 116. The van der Waals surface area contributed by atoms with Gasteiger partial charge in [-0.1, -0.05) is 0 Å². The molecule has 3 heterocycles. The number of fused-ring (bicyclic) bond motifs is 2. The second-order valence-corrected chi connectivity index (χ2v) is 11.0. The highest BCUT2D eigenvalue weighted by Gasteiger charge is 2.55.